The van der Waals surface area contributed by atoms with Gasteiger partial charge >= 0.3 is 0 Å². The minimum absolute atomic E-state index is 0.134. The molecule has 0 aliphatic carbocycles. The first-order valence-electron chi connectivity index (χ1n) is 8.80. The highest BCUT2D eigenvalue weighted by molar-refractivity contribution is 5.94. The zero-order chi connectivity index (χ0) is 18.8. The van der Waals surface area contributed by atoms with E-state index in [4.69, 9.17) is 14.0 Å². The normalized spacial score (nSPS) is 12.7. The van der Waals surface area contributed by atoms with Crippen LogP contribution in [-0.2, 0) is 6.54 Å². The lowest BCUT2D eigenvalue weighted by molar-refractivity contribution is 0.0950. The van der Waals surface area contributed by atoms with Crippen LogP contribution < -0.4 is 14.8 Å². The van der Waals surface area contributed by atoms with Crippen LogP contribution in [0.4, 0.5) is 0 Å². The molecule has 6 nitrogen and oxygen atoms in total. The second-order valence-electron chi connectivity index (χ2n) is 6.60. The van der Waals surface area contributed by atoms with Crippen molar-refractivity contribution in [2.24, 2.45) is 0 Å². The van der Waals surface area contributed by atoms with Gasteiger partial charge in [-0.3, -0.25) is 4.79 Å². The predicted octanol–water partition coefficient (Wildman–Crippen LogP) is 3.66. The molecule has 1 amide bonds. The highest BCUT2D eigenvalue weighted by Gasteiger charge is 2.15. The van der Waals surface area contributed by atoms with Crippen molar-refractivity contribution in [3.63, 3.8) is 0 Å². The van der Waals surface area contributed by atoms with Crippen LogP contribution >= 0.6 is 0 Å². The second-order valence-corrected chi connectivity index (χ2v) is 6.60. The Hall–Kier alpha value is -3.28. The lowest BCUT2D eigenvalue weighted by Gasteiger charge is -2.18. The first-order valence-corrected chi connectivity index (χ1v) is 8.80. The summed E-state index contributed by atoms with van der Waals surface area (Å²) < 4.78 is 16.5. The van der Waals surface area contributed by atoms with E-state index >= 15 is 0 Å². The molecular weight excluding hydrogens is 344 g/mol. The van der Waals surface area contributed by atoms with E-state index in [9.17, 15) is 4.79 Å². The van der Waals surface area contributed by atoms with Gasteiger partial charge in [0, 0.05) is 17.2 Å². The van der Waals surface area contributed by atoms with E-state index in [1.807, 2.05) is 56.3 Å². The molecule has 6 heteroatoms. The maximum absolute atomic E-state index is 12.4. The Morgan fingerprint density at radius 1 is 1.00 bits per heavy atom. The Kier molecular flexibility index (Phi) is 4.54. The van der Waals surface area contributed by atoms with Gasteiger partial charge in [-0.25, -0.2) is 0 Å². The van der Waals surface area contributed by atoms with E-state index in [1.54, 1.807) is 0 Å². The van der Waals surface area contributed by atoms with Crippen molar-refractivity contribution in [3.8, 4) is 22.8 Å². The van der Waals surface area contributed by atoms with Gasteiger partial charge in [0.25, 0.3) is 5.91 Å². The number of carbonyl (C=O) groups excluding carboxylic acids is 1. The van der Waals surface area contributed by atoms with Gasteiger partial charge in [0.05, 0.1) is 6.54 Å². The lowest BCUT2D eigenvalue weighted by atomic mass is 10.1. The molecule has 0 saturated carbocycles. The molecule has 2 heterocycles. The summed E-state index contributed by atoms with van der Waals surface area (Å²) in [5.74, 6) is 1.90. The first kappa shape index (κ1) is 17.1. The average molecular weight is 364 g/mol. The van der Waals surface area contributed by atoms with E-state index in [0.29, 0.717) is 42.5 Å². The molecule has 1 aliphatic heterocycles. The molecule has 27 heavy (non-hydrogen) atoms. The number of aryl methyl sites for hydroxylation is 2. The fraction of sp³-hybridized carbons (Fsp3) is 0.238. The van der Waals surface area contributed by atoms with Crippen molar-refractivity contribution in [3.05, 3.63) is 64.8 Å². The van der Waals surface area contributed by atoms with Crippen molar-refractivity contribution in [1.29, 1.82) is 0 Å². The van der Waals surface area contributed by atoms with Gasteiger partial charge in [-0.15, -0.1) is 0 Å². The standard InChI is InChI=1S/C21H20N2O4/c1-13-7-14(2)9-16(8-13)21(24)22-12-17-11-19(27-23-17)15-3-4-18-20(10-15)26-6-5-25-18/h3-4,7-11H,5-6,12H2,1-2H3,(H,22,24). The third-order valence-corrected chi connectivity index (χ3v) is 4.30. The van der Waals surface area contributed by atoms with Gasteiger partial charge in [-0.1, -0.05) is 22.3 Å². The zero-order valence-corrected chi connectivity index (χ0v) is 15.2. The summed E-state index contributed by atoms with van der Waals surface area (Å²) in [6.45, 7) is 5.32. The van der Waals surface area contributed by atoms with Crippen LogP contribution in [0.1, 0.15) is 27.2 Å². The van der Waals surface area contributed by atoms with E-state index in [0.717, 1.165) is 22.4 Å². The number of carbonyl (C=O) groups is 1. The summed E-state index contributed by atoms with van der Waals surface area (Å²) in [5, 5.41) is 6.92. The van der Waals surface area contributed by atoms with Crippen LogP contribution in [0.3, 0.4) is 0 Å². The van der Waals surface area contributed by atoms with Gasteiger partial charge < -0.3 is 19.3 Å². The van der Waals surface area contributed by atoms with Gasteiger partial charge in [-0.05, 0) is 44.2 Å². The maximum atomic E-state index is 12.4. The van der Waals surface area contributed by atoms with Gasteiger partial charge in [0.2, 0.25) is 0 Å². The Morgan fingerprint density at radius 2 is 1.74 bits per heavy atom. The number of nitrogens with one attached hydrogen (secondary N) is 1. The van der Waals surface area contributed by atoms with E-state index in [2.05, 4.69) is 10.5 Å². The van der Waals surface area contributed by atoms with Gasteiger partial charge in [0.1, 0.15) is 18.9 Å². The van der Waals surface area contributed by atoms with Crippen LogP contribution in [0.15, 0.2) is 47.0 Å². The number of amides is 1. The minimum Gasteiger partial charge on any atom is -0.486 e. The number of hydrogen-bond donors (Lipinski definition) is 1. The number of hydrogen-bond acceptors (Lipinski definition) is 5. The summed E-state index contributed by atoms with van der Waals surface area (Å²) in [4.78, 5) is 12.4. The second kappa shape index (κ2) is 7.15. The van der Waals surface area contributed by atoms with Crippen LogP contribution in [0.5, 0.6) is 11.5 Å². The predicted molar refractivity (Wildman–Crippen MR) is 100 cm³/mol. The molecule has 0 saturated heterocycles. The maximum Gasteiger partial charge on any atom is 0.251 e. The van der Waals surface area contributed by atoms with Gasteiger partial charge in [0.15, 0.2) is 17.3 Å². The number of benzene rings is 2. The molecule has 0 unspecified atom stereocenters. The highest BCUT2D eigenvalue weighted by atomic mass is 16.6. The molecule has 0 radical (unpaired) electrons. The van der Waals surface area contributed by atoms with Crippen molar-refractivity contribution in [2.75, 3.05) is 13.2 Å². The fourth-order valence-electron chi connectivity index (χ4n) is 3.11. The molecule has 4 rings (SSSR count). The molecule has 0 bridgehead atoms. The quantitative estimate of drug-likeness (QED) is 0.765. The third-order valence-electron chi connectivity index (χ3n) is 4.30. The molecule has 2 aromatic carbocycles. The van der Waals surface area contributed by atoms with Crippen LogP contribution in [-0.4, -0.2) is 24.3 Å². The number of ether oxygens (including phenoxy) is 2. The van der Waals surface area contributed by atoms with E-state index in [-0.39, 0.29) is 5.91 Å². The number of rotatable bonds is 4. The molecule has 1 N–H and O–H groups in total. The van der Waals surface area contributed by atoms with Crippen LogP contribution in [0, 0.1) is 13.8 Å². The van der Waals surface area contributed by atoms with Crippen molar-refractivity contribution in [2.45, 2.75) is 20.4 Å². The van der Waals surface area contributed by atoms with Crippen molar-refractivity contribution < 1.29 is 18.8 Å². The molecule has 1 aliphatic rings. The number of nitrogens with zero attached hydrogens (tertiary/aromatic N) is 1. The topological polar surface area (TPSA) is 73.6 Å². The molecular formula is C21H20N2O4. The van der Waals surface area contributed by atoms with Crippen LogP contribution in [0.25, 0.3) is 11.3 Å². The fourth-order valence-corrected chi connectivity index (χ4v) is 3.11. The third kappa shape index (κ3) is 3.79. The van der Waals surface area contributed by atoms with Crippen molar-refractivity contribution >= 4 is 5.91 Å². The Balaban J connectivity index is 1.44. The SMILES string of the molecule is Cc1cc(C)cc(C(=O)NCc2cc(-c3ccc4c(c3)OCCO4)on2)c1. The molecule has 0 atom stereocenters. The monoisotopic (exact) mass is 364 g/mol. The molecule has 3 aromatic rings. The average Bonchev–Trinajstić information content (AvgIpc) is 3.14. The minimum atomic E-state index is -0.134. The summed E-state index contributed by atoms with van der Waals surface area (Å²) in [6.07, 6.45) is 0. The Morgan fingerprint density at radius 3 is 2.52 bits per heavy atom. The largest absolute Gasteiger partial charge is 0.486 e. The summed E-state index contributed by atoms with van der Waals surface area (Å²) in [5.41, 5.74) is 4.25. The number of fused-ring (bicyclic) bond motifs is 1. The summed E-state index contributed by atoms with van der Waals surface area (Å²) in [7, 11) is 0. The molecule has 0 fully saturated rings. The molecule has 138 valence electrons. The Bertz CT molecular complexity index is 973. The summed E-state index contributed by atoms with van der Waals surface area (Å²) in [6, 6.07) is 13.2. The van der Waals surface area contributed by atoms with E-state index < -0.39 is 0 Å². The zero-order valence-electron chi connectivity index (χ0n) is 15.2. The Labute approximate surface area is 157 Å². The smallest absolute Gasteiger partial charge is 0.251 e. The summed E-state index contributed by atoms with van der Waals surface area (Å²) >= 11 is 0. The lowest BCUT2D eigenvalue weighted by Crippen LogP contribution is -2.23. The first-order chi connectivity index (χ1) is 13.1. The molecule has 1 aromatic heterocycles. The van der Waals surface area contributed by atoms with Gasteiger partial charge in [-0.2, -0.15) is 0 Å². The van der Waals surface area contributed by atoms with Crippen LogP contribution in [0.2, 0.25) is 0 Å². The van der Waals surface area contributed by atoms with Crippen molar-refractivity contribution in [1.82, 2.24) is 10.5 Å². The van der Waals surface area contributed by atoms with E-state index in [1.165, 1.54) is 0 Å². The molecule has 0 spiro atoms. The number of aromatic nitrogens is 1. The highest BCUT2D eigenvalue weighted by Crippen LogP contribution is 2.34.